The molecule has 1 amide bonds. The number of nitrogen functional groups attached to an aromatic ring is 1. The highest BCUT2D eigenvalue weighted by Gasteiger charge is 2.00. The van der Waals surface area contributed by atoms with Gasteiger partial charge in [0.15, 0.2) is 0 Å². The Bertz CT molecular complexity index is 437. The molecule has 5 N–H and O–H groups in total. The molecule has 0 aliphatic rings. The van der Waals surface area contributed by atoms with Crippen LogP contribution in [0, 0.1) is 11.3 Å². The van der Waals surface area contributed by atoms with E-state index >= 15 is 0 Å². The molecular formula is C12H16N4O. The zero-order valence-electron chi connectivity index (χ0n) is 9.57. The third kappa shape index (κ3) is 4.43. The van der Waals surface area contributed by atoms with Crippen LogP contribution in [0.25, 0.3) is 0 Å². The van der Waals surface area contributed by atoms with E-state index in [1.54, 1.807) is 18.2 Å². The molecule has 0 saturated carbocycles. The van der Waals surface area contributed by atoms with Crippen molar-refractivity contribution in [3.05, 3.63) is 23.8 Å². The first kappa shape index (κ1) is 12.8. The third-order valence-corrected chi connectivity index (χ3v) is 2.35. The Morgan fingerprint density at radius 3 is 2.76 bits per heavy atom. The van der Waals surface area contributed by atoms with E-state index in [1.165, 1.54) is 0 Å². The first-order chi connectivity index (χ1) is 8.13. The Morgan fingerprint density at radius 1 is 1.41 bits per heavy atom. The second-order valence-corrected chi connectivity index (χ2v) is 3.76. The quantitative estimate of drug-likeness (QED) is 0.506. The first-order valence-corrected chi connectivity index (χ1v) is 5.45. The highest BCUT2D eigenvalue weighted by molar-refractivity contribution is 5.73. The van der Waals surface area contributed by atoms with Crippen molar-refractivity contribution in [2.45, 2.75) is 19.3 Å². The number of nitrogens with two attached hydrogens (primary N) is 2. The summed E-state index contributed by atoms with van der Waals surface area (Å²) in [5.74, 6) is -0.275. The molecule has 0 saturated heterocycles. The van der Waals surface area contributed by atoms with Crippen molar-refractivity contribution in [1.82, 2.24) is 0 Å². The fraction of sp³-hybridized carbons (Fsp3) is 0.333. The number of benzene rings is 1. The Labute approximate surface area is 100 Å². The molecule has 1 aromatic rings. The van der Waals surface area contributed by atoms with Gasteiger partial charge in [-0.15, -0.1) is 0 Å². The van der Waals surface area contributed by atoms with Crippen molar-refractivity contribution in [2.24, 2.45) is 5.73 Å². The predicted molar refractivity (Wildman–Crippen MR) is 67.1 cm³/mol. The van der Waals surface area contributed by atoms with Crippen LogP contribution in [-0.4, -0.2) is 12.5 Å². The molecule has 5 nitrogen and oxygen atoms in total. The number of rotatable bonds is 6. The van der Waals surface area contributed by atoms with Crippen LogP contribution in [-0.2, 0) is 4.79 Å². The largest absolute Gasteiger partial charge is 0.397 e. The van der Waals surface area contributed by atoms with E-state index in [1.807, 2.05) is 6.07 Å². The highest BCUT2D eigenvalue weighted by atomic mass is 16.1. The van der Waals surface area contributed by atoms with Gasteiger partial charge in [0.05, 0.1) is 23.0 Å². The van der Waals surface area contributed by atoms with E-state index in [0.717, 1.165) is 25.1 Å². The van der Waals surface area contributed by atoms with Gasteiger partial charge in [-0.3, -0.25) is 4.79 Å². The van der Waals surface area contributed by atoms with Crippen LogP contribution in [0.5, 0.6) is 0 Å². The number of hydrogen-bond donors (Lipinski definition) is 3. The summed E-state index contributed by atoms with van der Waals surface area (Å²) >= 11 is 0. The average Bonchev–Trinajstić information content (AvgIpc) is 2.30. The molecule has 0 bridgehead atoms. The molecule has 0 heterocycles. The van der Waals surface area contributed by atoms with Gasteiger partial charge in [0, 0.05) is 13.0 Å². The first-order valence-electron chi connectivity index (χ1n) is 5.45. The fourth-order valence-electron chi connectivity index (χ4n) is 1.44. The molecule has 0 aliphatic heterocycles. The SMILES string of the molecule is N#Cc1ccc(NCCCCC(N)=O)c(N)c1. The molecule has 17 heavy (non-hydrogen) atoms. The van der Waals surface area contributed by atoms with Gasteiger partial charge in [0.1, 0.15) is 0 Å². The zero-order valence-corrected chi connectivity index (χ0v) is 9.57. The van der Waals surface area contributed by atoms with Crippen LogP contribution in [0.4, 0.5) is 11.4 Å². The molecule has 1 rings (SSSR count). The topological polar surface area (TPSA) is 105 Å². The summed E-state index contributed by atoms with van der Waals surface area (Å²) < 4.78 is 0. The minimum atomic E-state index is -0.275. The van der Waals surface area contributed by atoms with Crippen LogP contribution in [0.1, 0.15) is 24.8 Å². The Hall–Kier alpha value is -2.22. The lowest BCUT2D eigenvalue weighted by molar-refractivity contribution is -0.118. The minimum Gasteiger partial charge on any atom is -0.397 e. The average molecular weight is 232 g/mol. The van der Waals surface area contributed by atoms with Crippen LogP contribution >= 0.6 is 0 Å². The lowest BCUT2D eigenvalue weighted by atomic mass is 10.2. The van der Waals surface area contributed by atoms with E-state index in [2.05, 4.69) is 5.32 Å². The normalized spacial score (nSPS) is 9.59. The summed E-state index contributed by atoms with van der Waals surface area (Å²) in [5.41, 5.74) is 12.7. The van der Waals surface area contributed by atoms with Crippen LogP contribution < -0.4 is 16.8 Å². The lowest BCUT2D eigenvalue weighted by Crippen LogP contribution is -2.11. The molecule has 5 heteroatoms. The number of amides is 1. The summed E-state index contributed by atoms with van der Waals surface area (Å²) in [6.07, 6.45) is 2.02. The molecule has 1 aromatic carbocycles. The van der Waals surface area contributed by atoms with E-state index < -0.39 is 0 Å². The molecule has 0 aromatic heterocycles. The lowest BCUT2D eigenvalue weighted by Gasteiger charge is -2.08. The number of anilines is 2. The maximum absolute atomic E-state index is 10.5. The number of carbonyl (C=O) groups excluding carboxylic acids is 1. The Morgan fingerprint density at radius 2 is 2.18 bits per heavy atom. The smallest absolute Gasteiger partial charge is 0.217 e. The van der Waals surface area contributed by atoms with Gasteiger partial charge in [0.25, 0.3) is 0 Å². The van der Waals surface area contributed by atoms with Crippen molar-refractivity contribution in [2.75, 3.05) is 17.6 Å². The van der Waals surface area contributed by atoms with Gasteiger partial charge < -0.3 is 16.8 Å². The Balaban J connectivity index is 2.37. The van der Waals surface area contributed by atoms with Gasteiger partial charge in [-0.25, -0.2) is 0 Å². The second-order valence-electron chi connectivity index (χ2n) is 3.76. The third-order valence-electron chi connectivity index (χ3n) is 2.35. The molecule has 0 unspecified atom stereocenters. The van der Waals surface area contributed by atoms with Crippen molar-refractivity contribution in [3.63, 3.8) is 0 Å². The molecule has 0 aliphatic carbocycles. The summed E-state index contributed by atoms with van der Waals surface area (Å²) in [5, 5.41) is 11.8. The number of carbonyl (C=O) groups is 1. The van der Waals surface area contributed by atoms with Gasteiger partial charge in [-0.1, -0.05) is 0 Å². The number of unbranched alkanes of at least 4 members (excludes halogenated alkanes) is 1. The van der Waals surface area contributed by atoms with Crippen molar-refractivity contribution in [3.8, 4) is 6.07 Å². The van der Waals surface area contributed by atoms with Gasteiger partial charge in [-0.2, -0.15) is 5.26 Å². The monoisotopic (exact) mass is 232 g/mol. The van der Waals surface area contributed by atoms with Gasteiger partial charge in [0.2, 0.25) is 5.91 Å². The number of nitrogens with zero attached hydrogens (tertiary/aromatic N) is 1. The molecule has 90 valence electrons. The highest BCUT2D eigenvalue weighted by Crippen LogP contribution is 2.19. The van der Waals surface area contributed by atoms with E-state index in [9.17, 15) is 4.79 Å². The van der Waals surface area contributed by atoms with Crippen molar-refractivity contribution in [1.29, 1.82) is 5.26 Å². The minimum absolute atomic E-state index is 0.275. The summed E-state index contributed by atoms with van der Waals surface area (Å²) in [7, 11) is 0. The molecule has 0 atom stereocenters. The van der Waals surface area contributed by atoms with Crippen LogP contribution in [0.15, 0.2) is 18.2 Å². The summed E-state index contributed by atoms with van der Waals surface area (Å²) in [4.78, 5) is 10.5. The maximum atomic E-state index is 10.5. The van der Waals surface area contributed by atoms with E-state index in [4.69, 9.17) is 16.7 Å². The number of primary amides is 1. The van der Waals surface area contributed by atoms with Gasteiger partial charge in [-0.05, 0) is 31.0 Å². The molecule has 0 fully saturated rings. The second kappa shape index (κ2) is 6.38. The number of nitriles is 1. The zero-order chi connectivity index (χ0) is 12.7. The molecule has 0 radical (unpaired) electrons. The van der Waals surface area contributed by atoms with E-state index in [-0.39, 0.29) is 5.91 Å². The molecular weight excluding hydrogens is 216 g/mol. The summed E-state index contributed by atoms with van der Waals surface area (Å²) in [6, 6.07) is 7.15. The van der Waals surface area contributed by atoms with Gasteiger partial charge >= 0.3 is 0 Å². The van der Waals surface area contributed by atoms with Crippen molar-refractivity contribution >= 4 is 17.3 Å². The predicted octanol–water partition coefficient (Wildman–Crippen LogP) is 1.21. The van der Waals surface area contributed by atoms with Crippen LogP contribution in [0.2, 0.25) is 0 Å². The van der Waals surface area contributed by atoms with Crippen molar-refractivity contribution < 1.29 is 4.79 Å². The summed E-state index contributed by atoms with van der Waals surface area (Å²) in [6.45, 7) is 0.726. The standard InChI is InChI=1S/C12H16N4O/c13-8-9-4-5-11(10(14)7-9)16-6-2-1-3-12(15)17/h4-5,7,16H,1-3,6,14H2,(H2,15,17). The van der Waals surface area contributed by atoms with E-state index in [0.29, 0.717) is 17.7 Å². The fourth-order valence-corrected chi connectivity index (χ4v) is 1.44. The Kier molecular flexibility index (Phi) is 4.82. The van der Waals surface area contributed by atoms with Crippen LogP contribution in [0.3, 0.4) is 0 Å². The molecule has 0 spiro atoms. The number of hydrogen-bond acceptors (Lipinski definition) is 4. The maximum Gasteiger partial charge on any atom is 0.217 e. The number of nitrogens with one attached hydrogen (secondary N) is 1.